The maximum Gasteiger partial charge on any atom is 0.0468 e. The largest absolute Gasteiger partial charge is 0.310 e. The first-order chi connectivity index (χ1) is 28.2. The van der Waals surface area contributed by atoms with Gasteiger partial charge >= 0.3 is 0 Å². The van der Waals surface area contributed by atoms with E-state index in [9.17, 15) is 0 Å². The second-order valence-electron chi connectivity index (χ2n) is 14.6. The van der Waals surface area contributed by atoms with Crippen molar-refractivity contribution in [3.8, 4) is 55.6 Å². The van der Waals surface area contributed by atoms with Crippen LogP contribution in [0.4, 0.5) is 17.1 Å². The fourth-order valence-electron chi connectivity index (χ4n) is 8.14. The zero-order valence-corrected chi connectivity index (χ0v) is 31.5. The van der Waals surface area contributed by atoms with Crippen molar-refractivity contribution >= 4 is 38.6 Å². The average molecular weight is 726 g/mol. The Kier molecular flexibility index (Phi) is 8.95. The van der Waals surface area contributed by atoms with E-state index in [0.717, 1.165) is 17.1 Å². The van der Waals surface area contributed by atoms with Crippen molar-refractivity contribution in [3.63, 3.8) is 0 Å². The van der Waals surface area contributed by atoms with Crippen molar-refractivity contribution in [2.45, 2.75) is 0 Å². The van der Waals surface area contributed by atoms with E-state index in [1.807, 2.05) is 0 Å². The highest BCUT2D eigenvalue weighted by Gasteiger charge is 2.18. The third kappa shape index (κ3) is 6.77. The Labute approximate surface area is 334 Å². The molecule has 0 amide bonds. The normalized spacial score (nSPS) is 11.2. The summed E-state index contributed by atoms with van der Waals surface area (Å²) in [4.78, 5) is 2.38. The van der Waals surface area contributed by atoms with Crippen LogP contribution in [0.25, 0.3) is 77.2 Å². The van der Waals surface area contributed by atoms with Crippen LogP contribution in [-0.4, -0.2) is 0 Å². The topological polar surface area (TPSA) is 3.24 Å². The third-order valence-corrected chi connectivity index (χ3v) is 11.1. The molecule has 0 heterocycles. The molecule has 57 heavy (non-hydrogen) atoms. The molecule has 0 N–H and O–H groups in total. The van der Waals surface area contributed by atoms with Gasteiger partial charge in [0.15, 0.2) is 0 Å². The van der Waals surface area contributed by atoms with E-state index < -0.39 is 0 Å². The Hall–Kier alpha value is -7.48. The van der Waals surface area contributed by atoms with Gasteiger partial charge in [0.25, 0.3) is 0 Å². The van der Waals surface area contributed by atoms with Gasteiger partial charge in [-0.15, -0.1) is 0 Å². The van der Waals surface area contributed by atoms with Crippen molar-refractivity contribution in [1.82, 2.24) is 0 Å². The number of nitrogens with zero attached hydrogens (tertiary/aromatic N) is 1. The fourth-order valence-corrected chi connectivity index (χ4v) is 8.14. The summed E-state index contributed by atoms with van der Waals surface area (Å²) in [5, 5.41) is 4.99. The van der Waals surface area contributed by atoms with E-state index in [1.165, 1.54) is 77.2 Å². The number of rotatable bonds is 8. The molecule has 0 aliphatic carbocycles. The summed E-state index contributed by atoms with van der Waals surface area (Å²) in [6, 6.07) is 85.7. The molecule has 10 rings (SSSR count). The Morgan fingerprint density at radius 2 is 0.579 bits per heavy atom. The minimum Gasteiger partial charge on any atom is -0.310 e. The number of anilines is 3. The first kappa shape index (κ1) is 34.0. The van der Waals surface area contributed by atoms with Gasteiger partial charge in [-0.05, 0) is 126 Å². The lowest BCUT2D eigenvalue weighted by Gasteiger charge is -2.27. The highest BCUT2D eigenvalue weighted by Crippen LogP contribution is 2.44. The van der Waals surface area contributed by atoms with E-state index >= 15 is 0 Å². The molecule has 0 unspecified atom stereocenters. The first-order valence-electron chi connectivity index (χ1n) is 19.6. The van der Waals surface area contributed by atoms with Crippen LogP contribution >= 0.6 is 0 Å². The quantitative estimate of drug-likeness (QED) is 0.151. The molecule has 0 radical (unpaired) electrons. The monoisotopic (exact) mass is 725 g/mol. The molecule has 0 saturated carbocycles. The molecule has 10 aromatic carbocycles. The lowest BCUT2D eigenvalue weighted by molar-refractivity contribution is 1.28. The van der Waals surface area contributed by atoms with Gasteiger partial charge in [0.2, 0.25) is 0 Å². The van der Waals surface area contributed by atoms with Crippen LogP contribution in [0, 0.1) is 0 Å². The molecule has 1 heteroatoms. The van der Waals surface area contributed by atoms with E-state index in [0.29, 0.717) is 0 Å². The van der Waals surface area contributed by atoms with Crippen LogP contribution < -0.4 is 4.90 Å². The summed E-state index contributed by atoms with van der Waals surface area (Å²) >= 11 is 0. The van der Waals surface area contributed by atoms with Crippen molar-refractivity contribution in [2.75, 3.05) is 4.90 Å². The highest BCUT2D eigenvalue weighted by molar-refractivity contribution is 5.95. The molecule has 0 saturated heterocycles. The van der Waals surface area contributed by atoms with Gasteiger partial charge < -0.3 is 4.90 Å². The Bertz CT molecular complexity index is 2860. The fraction of sp³-hybridized carbons (Fsp3) is 0. The van der Waals surface area contributed by atoms with Crippen LogP contribution in [0.5, 0.6) is 0 Å². The summed E-state index contributed by atoms with van der Waals surface area (Å²) in [6.07, 6.45) is 0. The van der Waals surface area contributed by atoms with Crippen molar-refractivity contribution in [2.24, 2.45) is 0 Å². The molecule has 0 aromatic heterocycles. The van der Waals surface area contributed by atoms with E-state index in [-0.39, 0.29) is 0 Å². The van der Waals surface area contributed by atoms with Crippen molar-refractivity contribution in [1.29, 1.82) is 0 Å². The SMILES string of the molecule is c1ccc(-c2ccccc2-c2ccc(N(c3ccc(-c4ccc5ccccc5c4)cc3)c3ccc(-c4ccc5ccccc5c4)cc3)cc2-c2ccccc2)cc1. The van der Waals surface area contributed by atoms with Gasteiger partial charge in [-0.25, -0.2) is 0 Å². The highest BCUT2D eigenvalue weighted by atomic mass is 15.1. The lowest BCUT2D eigenvalue weighted by atomic mass is 9.89. The van der Waals surface area contributed by atoms with E-state index in [1.54, 1.807) is 0 Å². The van der Waals surface area contributed by atoms with Crippen LogP contribution in [0.1, 0.15) is 0 Å². The van der Waals surface area contributed by atoms with Crippen molar-refractivity contribution in [3.05, 3.63) is 237 Å². The van der Waals surface area contributed by atoms with Gasteiger partial charge in [-0.3, -0.25) is 0 Å². The van der Waals surface area contributed by atoms with Gasteiger partial charge in [0.05, 0.1) is 0 Å². The molecule has 0 aliphatic heterocycles. The molecule has 0 bridgehead atoms. The Balaban J connectivity index is 1.11. The molecule has 0 aliphatic rings. The summed E-state index contributed by atoms with van der Waals surface area (Å²) in [7, 11) is 0. The summed E-state index contributed by atoms with van der Waals surface area (Å²) in [5.74, 6) is 0. The van der Waals surface area contributed by atoms with Gasteiger partial charge in [-0.2, -0.15) is 0 Å². The number of hydrogen-bond donors (Lipinski definition) is 0. The Morgan fingerprint density at radius 3 is 1.11 bits per heavy atom. The number of fused-ring (bicyclic) bond motifs is 2. The lowest BCUT2D eigenvalue weighted by Crippen LogP contribution is -2.10. The van der Waals surface area contributed by atoms with E-state index in [2.05, 4.69) is 241 Å². The molecule has 10 aromatic rings. The standard InChI is InChI=1S/C56H39N/c1-3-15-44(16-4-1)53-21-11-12-22-54(53)55-36-35-52(39-56(55)45-17-5-2-6-18-45)57(50-31-27-42(28-32-50)48-25-23-40-13-7-9-19-46(40)37-48)51-33-29-43(30-34-51)49-26-24-41-14-8-10-20-47(41)38-49/h1-39H. The van der Waals surface area contributed by atoms with Gasteiger partial charge in [0.1, 0.15) is 0 Å². The van der Waals surface area contributed by atoms with Gasteiger partial charge in [0, 0.05) is 17.1 Å². The maximum absolute atomic E-state index is 2.38. The first-order valence-corrected chi connectivity index (χ1v) is 19.6. The molecule has 0 spiro atoms. The molecule has 268 valence electrons. The third-order valence-electron chi connectivity index (χ3n) is 11.1. The number of hydrogen-bond acceptors (Lipinski definition) is 1. The minimum atomic E-state index is 1.09. The molecule has 0 fully saturated rings. The predicted molar refractivity (Wildman–Crippen MR) is 243 cm³/mol. The summed E-state index contributed by atoms with van der Waals surface area (Å²) in [5.41, 5.74) is 15.3. The van der Waals surface area contributed by atoms with E-state index in [4.69, 9.17) is 0 Å². The van der Waals surface area contributed by atoms with Crippen LogP contribution in [0.15, 0.2) is 237 Å². The second-order valence-corrected chi connectivity index (χ2v) is 14.6. The summed E-state index contributed by atoms with van der Waals surface area (Å²) in [6.45, 7) is 0. The van der Waals surface area contributed by atoms with Gasteiger partial charge in [-0.1, -0.05) is 188 Å². The predicted octanol–water partition coefficient (Wildman–Crippen LogP) is 15.8. The molecular weight excluding hydrogens is 687 g/mol. The van der Waals surface area contributed by atoms with Crippen LogP contribution in [0.3, 0.4) is 0 Å². The van der Waals surface area contributed by atoms with Crippen LogP contribution in [-0.2, 0) is 0 Å². The van der Waals surface area contributed by atoms with Crippen molar-refractivity contribution < 1.29 is 0 Å². The molecule has 1 nitrogen and oxygen atoms in total. The second kappa shape index (κ2) is 15.0. The number of benzene rings is 10. The average Bonchev–Trinajstić information content (AvgIpc) is 3.30. The zero-order chi connectivity index (χ0) is 38.0. The Morgan fingerprint density at radius 1 is 0.193 bits per heavy atom. The zero-order valence-electron chi connectivity index (χ0n) is 31.5. The maximum atomic E-state index is 2.38. The molecular formula is C56H39N. The minimum absolute atomic E-state index is 1.09. The smallest absolute Gasteiger partial charge is 0.0468 e. The van der Waals surface area contributed by atoms with Crippen LogP contribution in [0.2, 0.25) is 0 Å². The molecule has 0 atom stereocenters. The summed E-state index contributed by atoms with van der Waals surface area (Å²) < 4.78 is 0.